The van der Waals surface area contributed by atoms with Crippen LogP contribution in [0.25, 0.3) is 10.3 Å². The molecular formula is C8H9N3O2S2. The lowest BCUT2D eigenvalue weighted by Crippen LogP contribution is -2.20. The summed E-state index contributed by atoms with van der Waals surface area (Å²) in [5.74, 6) is 0.629. The molecule has 0 aromatic carbocycles. The Hall–Kier alpha value is -0.920. The molecule has 5 nitrogen and oxygen atoms in total. The van der Waals surface area contributed by atoms with Gasteiger partial charge in [0.25, 0.3) is 5.56 Å². The van der Waals surface area contributed by atoms with Crippen LogP contribution in [-0.4, -0.2) is 25.3 Å². The SMILES string of the molecule is Cc1nc2sc([S+](C)[O-])nc2c(=O)n1C. The van der Waals surface area contributed by atoms with E-state index in [1.54, 1.807) is 14.0 Å². The summed E-state index contributed by atoms with van der Waals surface area (Å²) in [4.78, 5) is 20.6. The van der Waals surface area contributed by atoms with Crippen LogP contribution in [0.1, 0.15) is 5.82 Å². The van der Waals surface area contributed by atoms with Crippen molar-refractivity contribution in [3.63, 3.8) is 0 Å². The van der Waals surface area contributed by atoms with Gasteiger partial charge in [-0.05, 0) is 18.3 Å². The monoisotopic (exact) mass is 243 g/mol. The van der Waals surface area contributed by atoms with Gasteiger partial charge in [0.1, 0.15) is 12.1 Å². The predicted octanol–water partition coefficient (Wildman–Crippen LogP) is 0.436. The maximum absolute atomic E-state index is 11.8. The second-order valence-corrected chi connectivity index (χ2v) is 5.64. The highest BCUT2D eigenvalue weighted by molar-refractivity contribution is 7.92. The lowest BCUT2D eigenvalue weighted by atomic mass is 10.5. The van der Waals surface area contributed by atoms with Crippen molar-refractivity contribution in [2.24, 2.45) is 7.05 Å². The van der Waals surface area contributed by atoms with Crippen LogP contribution in [0.2, 0.25) is 0 Å². The van der Waals surface area contributed by atoms with E-state index in [2.05, 4.69) is 9.97 Å². The molecule has 7 heteroatoms. The highest BCUT2D eigenvalue weighted by atomic mass is 32.2. The minimum atomic E-state index is -1.16. The van der Waals surface area contributed by atoms with E-state index in [0.29, 0.717) is 20.5 Å². The van der Waals surface area contributed by atoms with Gasteiger partial charge in [-0.1, -0.05) is 0 Å². The smallest absolute Gasteiger partial charge is 0.304 e. The minimum Gasteiger partial charge on any atom is -0.610 e. The van der Waals surface area contributed by atoms with Gasteiger partial charge in [0.2, 0.25) is 0 Å². The molecule has 0 spiro atoms. The molecule has 2 aromatic heterocycles. The fourth-order valence-electron chi connectivity index (χ4n) is 1.16. The Balaban J connectivity index is 2.82. The quantitative estimate of drug-likeness (QED) is 0.681. The van der Waals surface area contributed by atoms with Gasteiger partial charge in [0.15, 0.2) is 10.3 Å². The second-order valence-electron chi connectivity index (χ2n) is 3.11. The van der Waals surface area contributed by atoms with E-state index >= 15 is 0 Å². The molecular weight excluding hydrogens is 234 g/mol. The van der Waals surface area contributed by atoms with E-state index in [9.17, 15) is 9.35 Å². The van der Waals surface area contributed by atoms with Crippen LogP contribution >= 0.6 is 11.3 Å². The number of nitrogens with zero attached hydrogens (tertiary/aromatic N) is 3. The standard InChI is InChI=1S/C8H9N3O2S2/c1-4-9-6-5(7(12)11(4)2)10-8(14-6)15(3)13/h1-3H3. The van der Waals surface area contributed by atoms with Crippen molar-refractivity contribution >= 4 is 32.9 Å². The number of aryl methyl sites for hydroxylation is 1. The number of fused-ring (bicyclic) bond motifs is 1. The number of hydrogen-bond donors (Lipinski definition) is 0. The molecule has 15 heavy (non-hydrogen) atoms. The number of hydrogen-bond acceptors (Lipinski definition) is 5. The Morgan fingerprint density at radius 2 is 2.13 bits per heavy atom. The Morgan fingerprint density at radius 3 is 2.73 bits per heavy atom. The van der Waals surface area contributed by atoms with Crippen molar-refractivity contribution in [3.8, 4) is 0 Å². The van der Waals surface area contributed by atoms with Gasteiger partial charge in [0.05, 0.1) is 0 Å². The van der Waals surface area contributed by atoms with Gasteiger partial charge in [0, 0.05) is 18.2 Å². The summed E-state index contributed by atoms with van der Waals surface area (Å²) in [7, 11) is 1.64. The van der Waals surface area contributed by atoms with Crippen LogP contribution in [0.4, 0.5) is 0 Å². The lowest BCUT2D eigenvalue weighted by molar-refractivity contribution is 0.600. The molecule has 2 heterocycles. The summed E-state index contributed by atoms with van der Waals surface area (Å²) in [5, 5.41) is 0. The molecule has 1 atom stereocenters. The Bertz CT molecular complexity index is 573. The van der Waals surface area contributed by atoms with Crippen molar-refractivity contribution in [2.45, 2.75) is 11.3 Å². The number of thiazole rings is 1. The molecule has 0 bridgehead atoms. The molecule has 0 saturated heterocycles. The maximum Gasteiger partial charge on any atom is 0.304 e. The highest BCUT2D eigenvalue weighted by Crippen LogP contribution is 2.21. The second kappa shape index (κ2) is 3.58. The topological polar surface area (TPSA) is 70.8 Å². The highest BCUT2D eigenvalue weighted by Gasteiger charge is 2.16. The zero-order valence-corrected chi connectivity index (χ0v) is 10.1. The largest absolute Gasteiger partial charge is 0.610 e. The summed E-state index contributed by atoms with van der Waals surface area (Å²) < 4.78 is 13.1. The molecule has 0 saturated carbocycles. The first-order valence-electron chi connectivity index (χ1n) is 4.18. The van der Waals surface area contributed by atoms with E-state index in [0.717, 1.165) is 0 Å². The van der Waals surface area contributed by atoms with Crippen LogP contribution in [0, 0.1) is 6.92 Å². The summed E-state index contributed by atoms with van der Waals surface area (Å²) in [6.07, 6.45) is 1.54. The van der Waals surface area contributed by atoms with E-state index in [1.807, 2.05) is 0 Å². The normalized spacial score (nSPS) is 13.3. The van der Waals surface area contributed by atoms with Gasteiger partial charge < -0.3 is 4.55 Å². The van der Waals surface area contributed by atoms with Crippen LogP contribution in [0.5, 0.6) is 0 Å². The van der Waals surface area contributed by atoms with Gasteiger partial charge in [-0.25, -0.2) is 4.98 Å². The fraction of sp³-hybridized carbons (Fsp3) is 0.375. The Morgan fingerprint density at radius 1 is 1.47 bits per heavy atom. The molecule has 0 radical (unpaired) electrons. The van der Waals surface area contributed by atoms with Crippen molar-refractivity contribution in [2.75, 3.05) is 6.26 Å². The average Bonchev–Trinajstić information content (AvgIpc) is 2.58. The van der Waals surface area contributed by atoms with Gasteiger partial charge in [-0.2, -0.15) is 4.98 Å². The molecule has 0 fully saturated rings. The van der Waals surface area contributed by atoms with Gasteiger partial charge in [-0.3, -0.25) is 9.36 Å². The molecule has 2 rings (SSSR count). The predicted molar refractivity (Wildman–Crippen MR) is 59.7 cm³/mol. The van der Waals surface area contributed by atoms with Crippen molar-refractivity contribution in [1.82, 2.24) is 14.5 Å². The zero-order valence-electron chi connectivity index (χ0n) is 8.47. The Kier molecular flexibility index (Phi) is 2.53. The van der Waals surface area contributed by atoms with Crippen LogP contribution < -0.4 is 5.56 Å². The molecule has 80 valence electrons. The summed E-state index contributed by atoms with van der Waals surface area (Å²) in [6, 6.07) is 0. The maximum atomic E-state index is 11.8. The average molecular weight is 243 g/mol. The van der Waals surface area contributed by atoms with E-state index in [4.69, 9.17) is 0 Å². The third kappa shape index (κ3) is 1.66. The third-order valence-electron chi connectivity index (χ3n) is 2.09. The van der Waals surface area contributed by atoms with E-state index in [-0.39, 0.29) is 5.56 Å². The van der Waals surface area contributed by atoms with Crippen molar-refractivity contribution < 1.29 is 4.55 Å². The van der Waals surface area contributed by atoms with Crippen molar-refractivity contribution in [3.05, 3.63) is 16.2 Å². The van der Waals surface area contributed by atoms with Crippen LogP contribution in [-0.2, 0) is 18.2 Å². The summed E-state index contributed by atoms with van der Waals surface area (Å²) >= 11 is 0.0429. The summed E-state index contributed by atoms with van der Waals surface area (Å²) in [6.45, 7) is 1.75. The molecule has 0 aliphatic carbocycles. The first-order valence-corrected chi connectivity index (χ1v) is 6.55. The molecule has 1 unspecified atom stereocenters. The zero-order chi connectivity index (χ0) is 11.2. The number of aromatic nitrogens is 3. The first kappa shape index (κ1) is 10.6. The van der Waals surface area contributed by atoms with Gasteiger partial charge >= 0.3 is 4.34 Å². The van der Waals surface area contributed by atoms with Crippen LogP contribution in [0.3, 0.4) is 0 Å². The van der Waals surface area contributed by atoms with Crippen LogP contribution in [0.15, 0.2) is 9.13 Å². The molecule has 0 aliphatic rings. The molecule has 0 aliphatic heterocycles. The van der Waals surface area contributed by atoms with Crippen molar-refractivity contribution in [1.29, 1.82) is 0 Å². The Labute approximate surface area is 93.0 Å². The molecule has 0 N–H and O–H groups in total. The molecule has 2 aromatic rings. The minimum absolute atomic E-state index is 0.189. The molecule has 0 amide bonds. The van der Waals surface area contributed by atoms with E-state index in [1.165, 1.54) is 22.2 Å². The first-order chi connectivity index (χ1) is 7.00. The van der Waals surface area contributed by atoms with E-state index < -0.39 is 11.2 Å². The third-order valence-corrected chi connectivity index (χ3v) is 4.37. The van der Waals surface area contributed by atoms with Gasteiger partial charge in [-0.15, -0.1) is 0 Å². The number of rotatable bonds is 1. The summed E-state index contributed by atoms with van der Waals surface area (Å²) in [5.41, 5.74) is 0.115. The fourth-order valence-corrected chi connectivity index (χ4v) is 2.79. The lowest BCUT2D eigenvalue weighted by Gasteiger charge is -1.99.